The maximum Gasteiger partial charge on any atom is 0.0547 e. The van der Waals surface area contributed by atoms with Gasteiger partial charge in [0.25, 0.3) is 0 Å². The summed E-state index contributed by atoms with van der Waals surface area (Å²) in [5.41, 5.74) is 26.9. The molecule has 1 heterocycles. The van der Waals surface area contributed by atoms with Crippen LogP contribution in [-0.2, 0) is 30.1 Å². The molecular weight excluding hydrogens is 1020 g/mol. The van der Waals surface area contributed by atoms with Crippen LogP contribution in [0.15, 0.2) is 224 Å². The number of nitrogens with zero attached hydrogens (tertiary/aromatic N) is 2. The van der Waals surface area contributed by atoms with Crippen molar-refractivity contribution in [2.75, 3.05) is 4.90 Å². The molecule has 0 spiro atoms. The molecule has 430 valence electrons. The first-order valence-electron chi connectivity index (χ1n) is 32.0. The van der Waals surface area contributed by atoms with E-state index in [4.69, 9.17) is 0 Å². The number of anilines is 3. The Kier molecular flexibility index (Phi) is 17.9. The minimum absolute atomic E-state index is 0.110. The number of aromatic nitrogens is 1. The van der Waals surface area contributed by atoms with E-state index in [1.165, 1.54) is 162 Å². The van der Waals surface area contributed by atoms with E-state index in [2.05, 4.69) is 296 Å². The topological polar surface area (TPSA) is 8.17 Å². The van der Waals surface area contributed by atoms with E-state index in [1.807, 2.05) is 0 Å². The van der Waals surface area contributed by atoms with Gasteiger partial charge < -0.3 is 9.47 Å². The van der Waals surface area contributed by atoms with Gasteiger partial charge >= 0.3 is 0 Å². The van der Waals surface area contributed by atoms with Crippen LogP contribution in [0.3, 0.4) is 0 Å². The van der Waals surface area contributed by atoms with Crippen LogP contribution < -0.4 is 4.90 Å². The number of hydrogen-bond acceptors (Lipinski definition) is 1. The summed E-state index contributed by atoms with van der Waals surface area (Å²) in [4.78, 5) is 2.42. The maximum absolute atomic E-state index is 2.60. The lowest BCUT2D eigenvalue weighted by Crippen LogP contribution is -2.10. The molecule has 2 heteroatoms. The number of aryl methyl sites for hydroxylation is 3. The average Bonchev–Trinajstić information content (AvgIpc) is 3.17. The third-order valence-corrected chi connectivity index (χ3v) is 17.7. The number of para-hydroxylation sites is 1. The normalized spacial score (nSPS) is 11.9. The van der Waals surface area contributed by atoms with E-state index in [0.717, 1.165) is 42.7 Å². The average molecular weight is 1110 g/mol. The first kappa shape index (κ1) is 58.6. The summed E-state index contributed by atoms with van der Waals surface area (Å²) in [7, 11) is 0. The van der Waals surface area contributed by atoms with Gasteiger partial charge in [-0.1, -0.05) is 271 Å². The molecule has 85 heavy (non-hydrogen) atoms. The number of hydrogen-bond donors (Lipinski definition) is 0. The molecule has 10 aromatic carbocycles. The molecule has 0 radical (unpaired) electrons. The van der Waals surface area contributed by atoms with Gasteiger partial charge in [-0.2, -0.15) is 0 Å². The lowest BCUT2D eigenvalue weighted by atomic mass is 9.86. The lowest BCUT2D eigenvalue weighted by molar-refractivity contribution is 0.590. The van der Waals surface area contributed by atoms with Crippen molar-refractivity contribution >= 4 is 38.9 Å². The third-order valence-electron chi connectivity index (χ3n) is 17.7. The summed E-state index contributed by atoms with van der Waals surface area (Å²) in [6, 6.07) is 85.8. The molecule has 0 amide bonds. The molecule has 0 fully saturated rings. The van der Waals surface area contributed by atoms with E-state index < -0.39 is 0 Å². The SMILES string of the molecule is CCCCCCc1cc(-c2ccc3c4ccccc4n(-c4ccc(-c5ccc(C(C)(C)C)cc5)cc4)c3c2)c(CCCCCC)cc1-c1ccc(N(c2ccc(-c3ccc(CCC)cc3)cc2)c2ccc(-c3ccc(C(C)(C)C)cc3)cc2)cc1. The zero-order valence-electron chi connectivity index (χ0n) is 52.2. The molecule has 0 aliphatic heterocycles. The maximum atomic E-state index is 2.60. The number of rotatable bonds is 21. The Hall–Kier alpha value is -8.20. The van der Waals surface area contributed by atoms with Crippen molar-refractivity contribution in [1.82, 2.24) is 4.57 Å². The molecule has 0 bridgehead atoms. The molecule has 11 aromatic rings. The quantitative estimate of drug-likeness (QED) is 0.0651. The molecule has 1 aromatic heterocycles. The van der Waals surface area contributed by atoms with Crippen LogP contribution in [0, 0.1) is 0 Å². The molecule has 0 saturated heterocycles. The second kappa shape index (κ2) is 26.0. The molecule has 0 unspecified atom stereocenters. The number of unbranched alkanes of at least 4 members (excludes halogenated alkanes) is 6. The van der Waals surface area contributed by atoms with Crippen LogP contribution >= 0.6 is 0 Å². The molecular formula is C83H88N2. The fraction of sp³-hybridized carbons (Fsp3) is 0.277. The summed E-state index contributed by atoms with van der Waals surface area (Å²) in [6.45, 7) is 20.6. The highest BCUT2D eigenvalue weighted by atomic mass is 15.1. The number of fused-ring (bicyclic) bond motifs is 3. The zero-order chi connectivity index (χ0) is 59.1. The van der Waals surface area contributed by atoms with Gasteiger partial charge in [-0.25, -0.2) is 0 Å². The fourth-order valence-electron chi connectivity index (χ4n) is 12.7. The van der Waals surface area contributed by atoms with E-state index in [-0.39, 0.29) is 10.8 Å². The Labute approximate surface area is 509 Å². The Morgan fingerprint density at radius 1 is 0.318 bits per heavy atom. The highest BCUT2D eigenvalue weighted by Crippen LogP contribution is 2.42. The highest BCUT2D eigenvalue weighted by molar-refractivity contribution is 6.10. The van der Waals surface area contributed by atoms with E-state index >= 15 is 0 Å². The van der Waals surface area contributed by atoms with Crippen molar-refractivity contribution in [1.29, 1.82) is 0 Å². The van der Waals surface area contributed by atoms with Crippen LogP contribution in [0.2, 0.25) is 0 Å². The molecule has 2 nitrogen and oxygen atoms in total. The van der Waals surface area contributed by atoms with Crippen LogP contribution in [0.5, 0.6) is 0 Å². The standard InChI is InChI=1S/C83H88N2/c1-10-13-15-17-22-67-57-79(69-42-55-77-76-24-19-20-25-80(76)85(81(77)58-69)75-51-38-65(39-52-75)62-32-45-71(46-33-62)83(7,8)9)68(23-18-16-14-11-2)56-78(67)66-40-53-74(54-41-66)84(72-47-34-63(35-48-72)60-28-26-59(21-12-3)27-29-60)73-49-36-64(37-50-73)61-30-43-70(44-31-61)82(4,5)6/h19-20,24-58H,10-18,21-23H2,1-9H3. The van der Waals surface area contributed by atoms with E-state index in [9.17, 15) is 0 Å². The Morgan fingerprint density at radius 3 is 1.15 bits per heavy atom. The smallest absolute Gasteiger partial charge is 0.0547 e. The Morgan fingerprint density at radius 2 is 0.706 bits per heavy atom. The molecule has 0 aliphatic rings. The summed E-state index contributed by atoms with van der Waals surface area (Å²) >= 11 is 0. The van der Waals surface area contributed by atoms with Crippen molar-refractivity contribution in [3.8, 4) is 61.3 Å². The largest absolute Gasteiger partial charge is 0.311 e. The van der Waals surface area contributed by atoms with Crippen molar-refractivity contribution in [3.05, 3.63) is 252 Å². The van der Waals surface area contributed by atoms with Crippen molar-refractivity contribution in [2.45, 2.75) is 150 Å². The van der Waals surface area contributed by atoms with Gasteiger partial charge in [-0.15, -0.1) is 0 Å². The van der Waals surface area contributed by atoms with Gasteiger partial charge in [0.05, 0.1) is 11.0 Å². The summed E-state index contributed by atoms with van der Waals surface area (Å²) in [6.07, 6.45) is 14.1. The first-order valence-corrected chi connectivity index (χ1v) is 32.0. The molecule has 0 N–H and O–H groups in total. The van der Waals surface area contributed by atoms with Gasteiger partial charge in [0.15, 0.2) is 0 Å². The van der Waals surface area contributed by atoms with Gasteiger partial charge in [-0.3, -0.25) is 0 Å². The zero-order valence-corrected chi connectivity index (χ0v) is 52.2. The molecule has 0 saturated carbocycles. The second-order valence-electron chi connectivity index (χ2n) is 26.0. The van der Waals surface area contributed by atoms with Crippen LogP contribution in [0.4, 0.5) is 17.1 Å². The van der Waals surface area contributed by atoms with E-state index in [1.54, 1.807) is 0 Å². The Balaban J connectivity index is 0.980. The Bertz CT molecular complexity index is 3970. The monoisotopic (exact) mass is 1110 g/mol. The minimum atomic E-state index is 0.110. The van der Waals surface area contributed by atoms with Crippen molar-refractivity contribution in [2.24, 2.45) is 0 Å². The molecule has 11 rings (SSSR count). The van der Waals surface area contributed by atoms with Gasteiger partial charge in [0.1, 0.15) is 0 Å². The summed E-state index contributed by atoms with van der Waals surface area (Å²) < 4.78 is 2.49. The van der Waals surface area contributed by atoms with Crippen LogP contribution in [0.25, 0.3) is 83.1 Å². The fourth-order valence-corrected chi connectivity index (χ4v) is 12.7. The molecule has 0 atom stereocenters. The predicted molar refractivity (Wildman–Crippen MR) is 370 cm³/mol. The van der Waals surface area contributed by atoms with Crippen molar-refractivity contribution < 1.29 is 0 Å². The minimum Gasteiger partial charge on any atom is -0.311 e. The molecule has 0 aliphatic carbocycles. The first-order chi connectivity index (χ1) is 41.3. The summed E-state index contributed by atoms with van der Waals surface area (Å²) in [5, 5.41) is 2.56. The van der Waals surface area contributed by atoms with Crippen LogP contribution in [-0.4, -0.2) is 4.57 Å². The second-order valence-corrected chi connectivity index (χ2v) is 26.0. The number of benzene rings is 10. The highest BCUT2D eigenvalue weighted by Gasteiger charge is 2.21. The van der Waals surface area contributed by atoms with Crippen molar-refractivity contribution in [3.63, 3.8) is 0 Å². The summed E-state index contributed by atoms with van der Waals surface area (Å²) in [5.74, 6) is 0. The van der Waals surface area contributed by atoms with Crippen LogP contribution in [0.1, 0.15) is 148 Å². The lowest BCUT2D eigenvalue weighted by Gasteiger charge is -2.26. The predicted octanol–water partition coefficient (Wildman–Crippen LogP) is 24.4. The third kappa shape index (κ3) is 13.2. The van der Waals surface area contributed by atoms with Gasteiger partial charge in [0.2, 0.25) is 0 Å². The van der Waals surface area contributed by atoms with Gasteiger partial charge in [-0.05, 0) is 187 Å². The van der Waals surface area contributed by atoms with Gasteiger partial charge in [0, 0.05) is 33.5 Å². The van der Waals surface area contributed by atoms with E-state index in [0.29, 0.717) is 0 Å².